The van der Waals surface area contributed by atoms with Crippen molar-refractivity contribution in [2.24, 2.45) is 0 Å². The molecule has 0 N–H and O–H groups in total. The van der Waals surface area contributed by atoms with Gasteiger partial charge < -0.3 is 0 Å². The Bertz CT molecular complexity index is 840. The van der Waals surface area contributed by atoms with Crippen molar-refractivity contribution >= 4 is 11.3 Å². The van der Waals surface area contributed by atoms with E-state index in [2.05, 4.69) is 83.8 Å². The van der Waals surface area contributed by atoms with Gasteiger partial charge >= 0.3 is 0 Å². The molecule has 2 aromatic carbocycles. The van der Waals surface area contributed by atoms with Crippen molar-refractivity contribution in [2.45, 2.75) is 0 Å². The molecular formula is C21H15NS. The molecule has 23 heavy (non-hydrogen) atoms. The predicted molar refractivity (Wildman–Crippen MR) is 98.4 cm³/mol. The summed E-state index contributed by atoms with van der Waals surface area (Å²) < 4.78 is 0. The highest BCUT2D eigenvalue weighted by Gasteiger charge is 2.13. The van der Waals surface area contributed by atoms with Crippen LogP contribution in [0.3, 0.4) is 0 Å². The number of benzene rings is 2. The zero-order valence-corrected chi connectivity index (χ0v) is 13.3. The van der Waals surface area contributed by atoms with E-state index < -0.39 is 0 Å². The summed E-state index contributed by atoms with van der Waals surface area (Å²) in [4.78, 5) is 6.72. The van der Waals surface area contributed by atoms with E-state index in [1.54, 1.807) is 0 Å². The van der Waals surface area contributed by atoms with Gasteiger partial charge in [0, 0.05) is 27.7 Å². The maximum atomic E-state index is 4.14. The second-order valence-corrected chi connectivity index (χ2v) is 6.37. The molecular weight excluding hydrogens is 298 g/mol. The molecule has 2 aromatic heterocycles. The lowest BCUT2D eigenvalue weighted by Crippen LogP contribution is -1.79. The van der Waals surface area contributed by atoms with E-state index in [-0.39, 0.29) is 0 Å². The molecule has 1 nitrogen and oxygen atoms in total. The lowest BCUT2D eigenvalue weighted by molar-refractivity contribution is 1.33. The van der Waals surface area contributed by atoms with E-state index in [4.69, 9.17) is 0 Å². The summed E-state index contributed by atoms with van der Waals surface area (Å²) in [7, 11) is 0. The van der Waals surface area contributed by atoms with Gasteiger partial charge in [0.05, 0.1) is 0 Å². The number of hydrogen-bond donors (Lipinski definition) is 0. The van der Waals surface area contributed by atoms with Gasteiger partial charge in [-0.3, -0.25) is 4.98 Å². The van der Waals surface area contributed by atoms with Gasteiger partial charge in [0.25, 0.3) is 0 Å². The smallest absolute Gasteiger partial charge is 0.0428 e. The number of rotatable bonds is 3. The van der Waals surface area contributed by atoms with Crippen LogP contribution >= 0.6 is 11.3 Å². The summed E-state index contributed by atoms with van der Waals surface area (Å²) in [6, 6.07) is 27.6. The van der Waals surface area contributed by atoms with Crippen LogP contribution in [0.5, 0.6) is 0 Å². The van der Waals surface area contributed by atoms with Crippen LogP contribution < -0.4 is 0 Å². The third-order valence-corrected chi connectivity index (χ3v) is 5.05. The molecule has 0 spiro atoms. The number of nitrogens with zero attached hydrogens (tertiary/aromatic N) is 1. The van der Waals surface area contributed by atoms with Gasteiger partial charge in [0.1, 0.15) is 0 Å². The second kappa shape index (κ2) is 6.19. The molecule has 2 heteroatoms. The molecule has 0 aliphatic carbocycles. The lowest BCUT2D eigenvalue weighted by Gasteiger charge is -2.03. The SMILES string of the molecule is c1ccc(-c2cc(-c3ccccc3)c(-c3ccncc3)s2)cc1. The van der Waals surface area contributed by atoms with Crippen molar-refractivity contribution in [3.05, 3.63) is 91.3 Å². The average Bonchev–Trinajstić information content (AvgIpc) is 3.09. The van der Waals surface area contributed by atoms with Crippen LogP contribution in [0, 0.1) is 0 Å². The van der Waals surface area contributed by atoms with Crippen LogP contribution in [0.4, 0.5) is 0 Å². The summed E-state index contributed by atoms with van der Waals surface area (Å²) in [5, 5.41) is 0. The molecule has 0 atom stereocenters. The molecule has 110 valence electrons. The Morgan fingerprint density at radius 1 is 0.609 bits per heavy atom. The van der Waals surface area contributed by atoms with Crippen molar-refractivity contribution in [1.29, 1.82) is 0 Å². The summed E-state index contributed by atoms with van der Waals surface area (Å²) in [6.45, 7) is 0. The second-order valence-electron chi connectivity index (χ2n) is 5.32. The van der Waals surface area contributed by atoms with Gasteiger partial charge in [0.15, 0.2) is 0 Å². The van der Waals surface area contributed by atoms with Crippen molar-refractivity contribution < 1.29 is 0 Å². The average molecular weight is 313 g/mol. The summed E-state index contributed by atoms with van der Waals surface area (Å²) >= 11 is 1.83. The number of pyridine rings is 1. The highest BCUT2D eigenvalue weighted by molar-refractivity contribution is 7.19. The Labute approximate surface area is 139 Å². The van der Waals surface area contributed by atoms with Crippen molar-refractivity contribution in [3.8, 4) is 32.0 Å². The van der Waals surface area contributed by atoms with E-state index in [1.165, 1.54) is 32.0 Å². The maximum Gasteiger partial charge on any atom is 0.0428 e. The van der Waals surface area contributed by atoms with E-state index in [0.717, 1.165) is 0 Å². The molecule has 0 radical (unpaired) electrons. The minimum absolute atomic E-state index is 1.21. The van der Waals surface area contributed by atoms with E-state index in [0.29, 0.717) is 0 Å². The Hall–Kier alpha value is -2.71. The van der Waals surface area contributed by atoms with Crippen LogP contribution in [-0.2, 0) is 0 Å². The van der Waals surface area contributed by atoms with Crippen LogP contribution in [0.25, 0.3) is 32.0 Å². The van der Waals surface area contributed by atoms with Crippen LogP contribution in [0.1, 0.15) is 0 Å². The van der Waals surface area contributed by atoms with Gasteiger partial charge in [-0.1, -0.05) is 60.7 Å². The van der Waals surface area contributed by atoms with Gasteiger partial charge in [0.2, 0.25) is 0 Å². The number of hydrogen-bond acceptors (Lipinski definition) is 2. The van der Waals surface area contributed by atoms with Crippen molar-refractivity contribution in [3.63, 3.8) is 0 Å². The first-order valence-corrected chi connectivity index (χ1v) is 8.38. The topological polar surface area (TPSA) is 12.9 Å². The molecule has 0 saturated carbocycles. The molecule has 4 aromatic rings. The van der Waals surface area contributed by atoms with Crippen LogP contribution in [-0.4, -0.2) is 4.98 Å². The van der Waals surface area contributed by atoms with Gasteiger partial charge in [-0.25, -0.2) is 0 Å². The zero-order chi connectivity index (χ0) is 15.5. The maximum absolute atomic E-state index is 4.14. The summed E-state index contributed by atoms with van der Waals surface area (Å²) in [5.41, 5.74) is 5.00. The first kappa shape index (κ1) is 13.9. The fourth-order valence-corrected chi connectivity index (χ4v) is 3.88. The molecule has 0 bridgehead atoms. The number of thiophene rings is 1. The Morgan fingerprint density at radius 2 is 1.22 bits per heavy atom. The molecule has 0 saturated heterocycles. The number of aromatic nitrogens is 1. The zero-order valence-electron chi connectivity index (χ0n) is 12.5. The largest absolute Gasteiger partial charge is 0.265 e. The molecule has 0 aliphatic heterocycles. The van der Waals surface area contributed by atoms with Gasteiger partial charge in [-0.05, 0) is 34.9 Å². The molecule has 0 fully saturated rings. The van der Waals surface area contributed by atoms with Crippen molar-refractivity contribution in [1.82, 2.24) is 4.98 Å². The minimum Gasteiger partial charge on any atom is -0.265 e. The predicted octanol–water partition coefficient (Wildman–Crippen LogP) is 6.14. The van der Waals surface area contributed by atoms with Gasteiger partial charge in [-0.15, -0.1) is 11.3 Å². The molecule has 4 rings (SSSR count). The molecule has 2 heterocycles. The van der Waals surface area contributed by atoms with Gasteiger partial charge in [-0.2, -0.15) is 0 Å². The van der Waals surface area contributed by atoms with E-state index in [1.807, 2.05) is 23.7 Å². The van der Waals surface area contributed by atoms with Crippen molar-refractivity contribution in [2.75, 3.05) is 0 Å². The lowest BCUT2D eigenvalue weighted by atomic mass is 10.0. The first-order valence-electron chi connectivity index (χ1n) is 7.57. The minimum atomic E-state index is 1.21. The standard InChI is InChI=1S/C21H15NS/c1-3-7-16(8-4-1)19-15-20(17-9-5-2-6-10-17)23-21(19)18-11-13-22-14-12-18/h1-15H. The Balaban J connectivity index is 1.91. The first-order chi connectivity index (χ1) is 11.4. The fraction of sp³-hybridized carbons (Fsp3) is 0. The normalized spacial score (nSPS) is 10.6. The molecule has 0 unspecified atom stereocenters. The highest BCUT2D eigenvalue weighted by Crippen LogP contribution is 2.42. The van der Waals surface area contributed by atoms with Crippen LogP contribution in [0.2, 0.25) is 0 Å². The third kappa shape index (κ3) is 2.81. The summed E-state index contributed by atoms with van der Waals surface area (Å²) in [6.07, 6.45) is 3.71. The van der Waals surface area contributed by atoms with E-state index in [9.17, 15) is 0 Å². The Kier molecular flexibility index (Phi) is 3.75. The fourth-order valence-electron chi connectivity index (χ4n) is 2.69. The monoisotopic (exact) mass is 313 g/mol. The quantitative estimate of drug-likeness (QED) is 0.442. The van der Waals surface area contributed by atoms with Crippen LogP contribution in [0.15, 0.2) is 91.3 Å². The summed E-state index contributed by atoms with van der Waals surface area (Å²) in [5.74, 6) is 0. The third-order valence-electron chi connectivity index (χ3n) is 3.82. The Morgan fingerprint density at radius 3 is 1.87 bits per heavy atom. The highest BCUT2D eigenvalue weighted by atomic mass is 32.1. The van der Waals surface area contributed by atoms with E-state index >= 15 is 0 Å². The molecule has 0 amide bonds. The molecule has 0 aliphatic rings.